The van der Waals surface area contributed by atoms with Crippen molar-refractivity contribution in [1.29, 1.82) is 0 Å². The van der Waals surface area contributed by atoms with Crippen LogP contribution in [-0.4, -0.2) is 32.0 Å². The molecule has 0 aromatic carbocycles. The zero-order valence-corrected chi connectivity index (χ0v) is 8.37. The second-order valence-electron chi connectivity index (χ2n) is 4.69. The van der Waals surface area contributed by atoms with E-state index in [1.54, 1.807) is 0 Å². The summed E-state index contributed by atoms with van der Waals surface area (Å²) in [6.45, 7) is 4.03. The quantitative estimate of drug-likeness (QED) is 0.532. The first kappa shape index (κ1) is 8.20. The van der Waals surface area contributed by atoms with Gasteiger partial charge in [-0.25, -0.2) is 0 Å². The fraction of sp³-hybridized carbons (Fsp3) is 1.00. The van der Waals surface area contributed by atoms with Crippen LogP contribution in [0.5, 0.6) is 0 Å². The highest BCUT2D eigenvalue weighted by atomic mass is 32.2. The molecule has 4 nitrogen and oxygen atoms in total. The van der Waals surface area contributed by atoms with E-state index in [1.807, 2.05) is 13.8 Å². The van der Waals surface area contributed by atoms with E-state index in [2.05, 4.69) is 0 Å². The van der Waals surface area contributed by atoms with Crippen molar-refractivity contribution in [3.63, 3.8) is 0 Å². The van der Waals surface area contributed by atoms with Gasteiger partial charge in [-0.1, -0.05) is 13.8 Å². The van der Waals surface area contributed by atoms with Gasteiger partial charge in [0.2, 0.25) is 0 Å². The monoisotopic (exact) mass is 204 g/mol. The van der Waals surface area contributed by atoms with Crippen LogP contribution in [0.25, 0.3) is 0 Å². The van der Waals surface area contributed by atoms with Gasteiger partial charge >= 0.3 is 0 Å². The summed E-state index contributed by atoms with van der Waals surface area (Å²) in [5.74, 6) is 0. The van der Waals surface area contributed by atoms with Crippen molar-refractivity contribution in [2.45, 2.75) is 43.8 Å². The van der Waals surface area contributed by atoms with Gasteiger partial charge in [-0.3, -0.25) is 4.18 Å². The summed E-state index contributed by atoms with van der Waals surface area (Å²) >= 11 is 0. The third-order valence-electron chi connectivity index (χ3n) is 3.60. The summed E-state index contributed by atoms with van der Waals surface area (Å²) in [4.78, 5) is 0. The lowest BCUT2D eigenvalue weighted by molar-refractivity contribution is 0.0737. The van der Waals surface area contributed by atoms with Crippen molar-refractivity contribution in [2.75, 3.05) is 0 Å². The van der Waals surface area contributed by atoms with Gasteiger partial charge in [0.25, 0.3) is 10.1 Å². The molecule has 4 atom stereocenters. The summed E-state index contributed by atoms with van der Waals surface area (Å²) in [5.41, 5.74) is -0.148. The number of rotatable bonds is 0. The van der Waals surface area contributed by atoms with E-state index < -0.39 is 15.4 Å². The summed E-state index contributed by atoms with van der Waals surface area (Å²) in [6.07, 6.45) is 0.215. The van der Waals surface area contributed by atoms with Crippen molar-refractivity contribution < 1.29 is 17.3 Å². The first-order valence-electron chi connectivity index (χ1n) is 4.50. The molecule has 3 saturated heterocycles. The molecule has 3 aliphatic heterocycles. The van der Waals surface area contributed by atoms with E-state index in [4.69, 9.17) is 8.92 Å². The third-order valence-corrected chi connectivity index (χ3v) is 5.28. The van der Waals surface area contributed by atoms with E-state index in [1.165, 1.54) is 0 Å². The lowest BCUT2D eigenvalue weighted by Gasteiger charge is -2.28. The Morgan fingerprint density at radius 1 is 1.38 bits per heavy atom. The zero-order chi connectivity index (χ0) is 9.43. The highest BCUT2D eigenvalue weighted by Gasteiger charge is 2.68. The molecule has 0 amide bonds. The predicted molar refractivity (Wildman–Crippen MR) is 44.6 cm³/mol. The number of fused-ring (bicyclic) bond motifs is 1. The molecule has 0 N–H and O–H groups in total. The molecule has 0 saturated carbocycles. The maximum absolute atomic E-state index is 11.5. The molecule has 2 bridgehead atoms. The van der Waals surface area contributed by atoms with E-state index in [0.717, 1.165) is 0 Å². The molecule has 3 aliphatic rings. The van der Waals surface area contributed by atoms with E-state index >= 15 is 0 Å². The normalized spacial score (nSPS) is 54.3. The van der Waals surface area contributed by atoms with Crippen molar-refractivity contribution in [3.05, 3.63) is 0 Å². The summed E-state index contributed by atoms with van der Waals surface area (Å²) < 4.78 is 33.6. The molecule has 3 fully saturated rings. The SMILES string of the molecule is CC1(C)C2CC3C(O2)C1OS3(=O)=O. The van der Waals surface area contributed by atoms with Crippen LogP contribution in [-0.2, 0) is 19.0 Å². The Labute approximate surface area is 77.3 Å². The van der Waals surface area contributed by atoms with E-state index in [9.17, 15) is 8.42 Å². The minimum Gasteiger partial charge on any atom is -0.370 e. The Morgan fingerprint density at radius 3 is 2.62 bits per heavy atom. The Kier molecular flexibility index (Phi) is 1.23. The highest BCUT2D eigenvalue weighted by Crippen LogP contribution is 2.55. The number of ether oxygens (including phenoxy) is 1. The Bertz CT molecular complexity index is 358. The highest BCUT2D eigenvalue weighted by molar-refractivity contribution is 7.87. The Balaban J connectivity index is 2.14. The molecule has 4 unspecified atom stereocenters. The molecule has 74 valence electrons. The predicted octanol–water partition coefficient (Wildman–Crippen LogP) is 0.281. The molecule has 0 aliphatic carbocycles. The maximum atomic E-state index is 11.5. The maximum Gasteiger partial charge on any atom is 0.273 e. The van der Waals surface area contributed by atoms with Gasteiger partial charge in [0.1, 0.15) is 17.5 Å². The minimum atomic E-state index is -3.33. The van der Waals surface area contributed by atoms with Crippen LogP contribution in [0.1, 0.15) is 20.3 Å². The Morgan fingerprint density at radius 2 is 2.08 bits per heavy atom. The average Bonchev–Trinajstić information content (AvgIpc) is 2.54. The standard InChI is InChI=1S/C8H12O4S/c1-8(2)5-3-4-6(11-5)7(8)12-13(4,9)10/h4-7H,3H2,1-2H3. The summed E-state index contributed by atoms with van der Waals surface area (Å²) in [6, 6.07) is 0. The van der Waals surface area contributed by atoms with Crippen LogP contribution >= 0.6 is 0 Å². The second kappa shape index (κ2) is 1.94. The molecule has 5 heteroatoms. The third kappa shape index (κ3) is 0.765. The van der Waals surface area contributed by atoms with Crippen molar-refractivity contribution in [1.82, 2.24) is 0 Å². The van der Waals surface area contributed by atoms with Crippen molar-refractivity contribution in [2.24, 2.45) is 5.41 Å². The van der Waals surface area contributed by atoms with Crippen LogP contribution in [0.2, 0.25) is 0 Å². The molecule has 3 rings (SSSR count). The van der Waals surface area contributed by atoms with Gasteiger partial charge in [-0.05, 0) is 6.42 Å². The minimum absolute atomic E-state index is 0.0600. The van der Waals surface area contributed by atoms with E-state index in [0.29, 0.717) is 6.42 Å². The van der Waals surface area contributed by atoms with E-state index in [-0.39, 0.29) is 23.7 Å². The Hall–Kier alpha value is -0.130. The fourth-order valence-corrected chi connectivity index (χ4v) is 4.44. The largest absolute Gasteiger partial charge is 0.370 e. The first-order valence-corrected chi connectivity index (χ1v) is 5.97. The first-order chi connectivity index (χ1) is 5.93. The van der Waals surface area contributed by atoms with Gasteiger partial charge in [0.15, 0.2) is 0 Å². The van der Waals surface area contributed by atoms with Gasteiger partial charge in [-0.2, -0.15) is 8.42 Å². The molecule has 3 heterocycles. The van der Waals surface area contributed by atoms with Gasteiger partial charge in [0, 0.05) is 5.41 Å². The number of hydrogen-bond acceptors (Lipinski definition) is 4. The fourth-order valence-electron chi connectivity index (χ4n) is 2.71. The lowest BCUT2D eigenvalue weighted by Crippen LogP contribution is -2.40. The summed E-state index contributed by atoms with van der Waals surface area (Å²) in [7, 11) is -3.33. The zero-order valence-electron chi connectivity index (χ0n) is 7.56. The van der Waals surface area contributed by atoms with Gasteiger partial charge in [-0.15, -0.1) is 0 Å². The van der Waals surface area contributed by atoms with Crippen molar-refractivity contribution in [3.8, 4) is 0 Å². The topological polar surface area (TPSA) is 52.6 Å². The smallest absolute Gasteiger partial charge is 0.273 e. The van der Waals surface area contributed by atoms with Gasteiger partial charge < -0.3 is 4.74 Å². The molecule has 13 heavy (non-hydrogen) atoms. The molecule has 0 radical (unpaired) electrons. The van der Waals surface area contributed by atoms with Crippen LogP contribution in [0.15, 0.2) is 0 Å². The molecule has 0 spiro atoms. The van der Waals surface area contributed by atoms with Crippen LogP contribution < -0.4 is 0 Å². The molecular formula is C8H12O4S. The number of hydrogen-bond donors (Lipinski definition) is 0. The molecule has 0 aromatic heterocycles. The lowest BCUT2D eigenvalue weighted by atomic mass is 9.75. The van der Waals surface area contributed by atoms with Gasteiger partial charge in [0.05, 0.1) is 6.10 Å². The van der Waals surface area contributed by atoms with Crippen LogP contribution in [0.4, 0.5) is 0 Å². The summed E-state index contributed by atoms with van der Waals surface area (Å²) in [5, 5.41) is -0.393. The average molecular weight is 204 g/mol. The molecule has 0 aromatic rings. The van der Waals surface area contributed by atoms with Crippen LogP contribution in [0.3, 0.4) is 0 Å². The van der Waals surface area contributed by atoms with Crippen LogP contribution in [0, 0.1) is 5.41 Å². The second-order valence-corrected chi connectivity index (χ2v) is 6.48. The molecular weight excluding hydrogens is 192 g/mol. The van der Waals surface area contributed by atoms with Crippen molar-refractivity contribution >= 4 is 10.1 Å².